The number of phenolic OH excluding ortho intramolecular Hbond substituents is 1. The van der Waals surface area contributed by atoms with Gasteiger partial charge in [-0.3, -0.25) is 0 Å². The fraction of sp³-hybridized carbons (Fsp3) is 0.600. The predicted octanol–water partition coefficient (Wildman–Crippen LogP) is 4.03. The van der Waals surface area contributed by atoms with Crippen molar-refractivity contribution in [3.05, 3.63) is 28.8 Å². The molecule has 1 saturated heterocycles. The van der Waals surface area contributed by atoms with Crippen molar-refractivity contribution in [1.82, 2.24) is 14.7 Å². The first-order valence-corrected chi connectivity index (χ1v) is 8.83. The number of urea groups is 2. The van der Waals surface area contributed by atoms with E-state index in [0.29, 0.717) is 0 Å². The van der Waals surface area contributed by atoms with Gasteiger partial charge in [0.1, 0.15) is 11.9 Å². The van der Waals surface area contributed by atoms with Gasteiger partial charge < -0.3 is 14.9 Å². The Kier molecular flexibility index (Phi) is 4.77. The number of imide groups is 1. The van der Waals surface area contributed by atoms with Crippen molar-refractivity contribution in [2.45, 2.75) is 58.5 Å². The molecule has 1 aromatic carbocycles. The van der Waals surface area contributed by atoms with Crippen LogP contribution in [0.2, 0.25) is 0 Å². The molecule has 1 aliphatic rings. The average Bonchev–Trinajstić information content (AvgIpc) is 2.50. The van der Waals surface area contributed by atoms with Gasteiger partial charge in [0.05, 0.1) is 0 Å². The summed E-state index contributed by atoms with van der Waals surface area (Å²) in [6.07, 6.45) is -0.532. The van der Waals surface area contributed by atoms with Gasteiger partial charge in [-0.25, -0.2) is 14.5 Å². The maximum atomic E-state index is 12.6. The van der Waals surface area contributed by atoms with Crippen LogP contribution in [0.1, 0.15) is 64.4 Å². The molecule has 6 nitrogen and oxygen atoms in total. The summed E-state index contributed by atoms with van der Waals surface area (Å²) >= 11 is 0. The van der Waals surface area contributed by atoms with E-state index in [-0.39, 0.29) is 28.6 Å². The second kappa shape index (κ2) is 6.18. The molecule has 1 fully saturated rings. The Labute approximate surface area is 156 Å². The molecule has 26 heavy (non-hydrogen) atoms. The quantitative estimate of drug-likeness (QED) is 0.821. The number of phenols is 1. The summed E-state index contributed by atoms with van der Waals surface area (Å²) in [5.41, 5.74) is 2.21. The maximum absolute atomic E-state index is 12.6. The molecule has 0 bridgehead atoms. The van der Waals surface area contributed by atoms with Gasteiger partial charge in [-0.1, -0.05) is 41.5 Å². The van der Waals surface area contributed by atoms with Crippen LogP contribution in [0.4, 0.5) is 9.59 Å². The first kappa shape index (κ1) is 20.1. The van der Waals surface area contributed by atoms with Crippen LogP contribution in [0.3, 0.4) is 0 Å². The third kappa shape index (κ3) is 3.24. The number of hydrogen-bond donors (Lipinski definition) is 1. The molecule has 0 aromatic heterocycles. The standard InChI is InChI=1S/C20H31N3O3/c1-19(2,3)13-10-12(24)11-14(20(4,5)6)15(13)16-21(7)17(25)23(9)18(26)22(16)8/h10-11,16,24H,1-9H3. The minimum Gasteiger partial charge on any atom is -0.508 e. The van der Waals surface area contributed by atoms with E-state index in [2.05, 4.69) is 41.5 Å². The highest BCUT2D eigenvalue weighted by molar-refractivity contribution is 5.95. The fourth-order valence-electron chi connectivity index (χ4n) is 3.57. The zero-order chi connectivity index (χ0) is 20.2. The summed E-state index contributed by atoms with van der Waals surface area (Å²) in [7, 11) is 4.90. The molecule has 144 valence electrons. The Balaban J connectivity index is 2.86. The Bertz CT molecular complexity index is 687. The van der Waals surface area contributed by atoms with Crippen LogP contribution < -0.4 is 0 Å². The number of rotatable bonds is 1. The molecule has 1 N–H and O–H groups in total. The topological polar surface area (TPSA) is 64.1 Å². The Hall–Kier alpha value is -2.24. The van der Waals surface area contributed by atoms with Crippen molar-refractivity contribution in [3.8, 4) is 5.75 Å². The first-order valence-electron chi connectivity index (χ1n) is 8.83. The number of carbonyl (C=O) groups is 2. The number of amides is 4. The van der Waals surface area contributed by atoms with Crippen LogP contribution in [0.25, 0.3) is 0 Å². The Morgan fingerprint density at radius 3 is 1.46 bits per heavy atom. The normalized spacial score (nSPS) is 17.3. The van der Waals surface area contributed by atoms with Gasteiger partial charge in [-0.15, -0.1) is 0 Å². The summed E-state index contributed by atoms with van der Waals surface area (Å²) in [5, 5.41) is 10.4. The number of benzene rings is 1. The van der Waals surface area contributed by atoms with Crippen LogP contribution in [0, 0.1) is 0 Å². The minimum absolute atomic E-state index is 0.194. The van der Waals surface area contributed by atoms with Gasteiger partial charge in [-0.05, 0) is 34.1 Å². The number of carbonyl (C=O) groups excluding carboxylic acids is 2. The van der Waals surface area contributed by atoms with Crippen LogP contribution in [-0.2, 0) is 10.8 Å². The van der Waals surface area contributed by atoms with E-state index in [4.69, 9.17) is 0 Å². The third-order valence-corrected chi connectivity index (χ3v) is 4.95. The summed E-state index contributed by atoms with van der Waals surface area (Å²) < 4.78 is 0. The lowest BCUT2D eigenvalue weighted by Gasteiger charge is -2.46. The van der Waals surface area contributed by atoms with E-state index in [9.17, 15) is 14.7 Å². The van der Waals surface area contributed by atoms with Gasteiger partial charge in [0.25, 0.3) is 0 Å². The lowest BCUT2D eigenvalue weighted by molar-refractivity contribution is 0.0586. The van der Waals surface area contributed by atoms with Crippen molar-refractivity contribution < 1.29 is 14.7 Å². The highest BCUT2D eigenvalue weighted by Gasteiger charge is 2.43. The van der Waals surface area contributed by atoms with E-state index < -0.39 is 6.17 Å². The monoisotopic (exact) mass is 361 g/mol. The van der Waals surface area contributed by atoms with Crippen LogP contribution >= 0.6 is 0 Å². The second-order valence-electron chi connectivity index (χ2n) is 9.17. The third-order valence-electron chi connectivity index (χ3n) is 4.95. The smallest absolute Gasteiger partial charge is 0.329 e. The molecule has 1 heterocycles. The van der Waals surface area contributed by atoms with Crippen molar-refractivity contribution in [1.29, 1.82) is 0 Å². The summed E-state index contributed by atoms with van der Waals surface area (Å²) in [6, 6.07) is 2.82. The van der Waals surface area contributed by atoms with E-state index in [0.717, 1.165) is 21.6 Å². The van der Waals surface area contributed by atoms with E-state index >= 15 is 0 Å². The number of hydrogen-bond acceptors (Lipinski definition) is 3. The van der Waals surface area contributed by atoms with Crippen molar-refractivity contribution >= 4 is 12.1 Å². The highest BCUT2D eigenvalue weighted by atomic mass is 16.3. The van der Waals surface area contributed by atoms with Gasteiger partial charge in [0.2, 0.25) is 0 Å². The molecule has 0 spiro atoms. The Morgan fingerprint density at radius 1 is 0.808 bits per heavy atom. The SMILES string of the molecule is CN1C(=O)N(C)C(c2c(C(C)(C)C)cc(O)cc2C(C)(C)C)N(C)C1=O. The van der Waals surface area contributed by atoms with Gasteiger partial charge in [-0.2, -0.15) is 0 Å². The zero-order valence-electron chi connectivity index (χ0n) is 17.3. The second-order valence-corrected chi connectivity index (χ2v) is 9.17. The van der Waals surface area contributed by atoms with Crippen molar-refractivity contribution in [3.63, 3.8) is 0 Å². The van der Waals surface area contributed by atoms with E-state index in [1.807, 2.05) is 0 Å². The van der Waals surface area contributed by atoms with Gasteiger partial charge in [0, 0.05) is 26.7 Å². The molecular weight excluding hydrogens is 330 g/mol. The van der Waals surface area contributed by atoms with Crippen molar-refractivity contribution in [2.24, 2.45) is 0 Å². The summed E-state index contributed by atoms with van der Waals surface area (Å²) in [6.45, 7) is 12.4. The predicted molar refractivity (Wildman–Crippen MR) is 102 cm³/mol. The molecule has 6 heteroatoms. The van der Waals surface area contributed by atoms with E-state index in [1.54, 1.807) is 36.0 Å². The first-order chi connectivity index (χ1) is 11.7. The maximum Gasteiger partial charge on any atom is 0.329 e. The minimum atomic E-state index is -0.532. The molecule has 0 saturated carbocycles. The lowest BCUT2D eigenvalue weighted by atomic mass is 9.74. The Morgan fingerprint density at radius 2 is 1.15 bits per heavy atom. The molecule has 0 unspecified atom stereocenters. The fourth-order valence-corrected chi connectivity index (χ4v) is 3.57. The van der Waals surface area contributed by atoms with Gasteiger partial charge >= 0.3 is 12.1 Å². The summed E-state index contributed by atoms with van der Waals surface area (Å²) in [4.78, 5) is 29.5. The molecule has 0 aliphatic carbocycles. The number of nitrogens with zero attached hydrogens (tertiary/aromatic N) is 3. The lowest BCUT2D eigenvalue weighted by Crippen LogP contribution is -2.59. The average molecular weight is 361 g/mol. The van der Waals surface area contributed by atoms with Crippen LogP contribution in [-0.4, -0.2) is 53.0 Å². The van der Waals surface area contributed by atoms with Crippen LogP contribution in [0.15, 0.2) is 12.1 Å². The highest BCUT2D eigenvalue weighted by Crippen LogP contribution is 2.43. The molecule has 4 amide bonds. The van der Waals surface area contributed by atoms with Gasteiger partial charge in [0.15, 0.2) is 0 Å². The molecule has 1 aliphatic heterocycles. The van der Waals surface area contributed by atoms with Crippen LogP contribution in [0.5, 0.6) is 5.75 Å². The largest absolute Gasteiger partial charge is 0.508 e. The molecular formula is C20H31N3O3. The number of aromatic hydroxyl groups is 1. The summed E-state index contributed by atoms with van der Waals surface area (Å²) in [5.74, 6) is 0.194. The molecule has 0 atom stereocenters. The zero-order valence-corrected chi connectivity index (χ0v) is 17.3. The van der Waals surface area contributed by atoms with Crippen molar-refractivity contribution in [2.75, 3.05) is 21.1 Å². The molecule has 0 radical (unpaired) electrons. The molecule has 1 aromatic rings. The molecule has 2 rings (SSSR count). The van der Waals surface area contributed by atoms with E-state index in [1.165, 1.54) is 7.05 Å².